The molecule has 0 bridgehead atoms. The molecule has 12 heteroatoms. The SMILES string of the molecule is CC(=O)C1CCCN2CCCC(NC(CCc3ccccc3)C(=O)OCCSCCO[N+](=O)[O-])C(=O)N12. The third kappa shape index (κ3) is 8.97. The first-order valence-electron chi connectivity index (χ1n) is 12.8. The van der Waals surface area contributed by atoms with E-state index in [1.54, 1.807) is 5.01 Å². The van der Waals surface area contributed by atoms with Crippen LogP contribution in [0.1, 0.15) is 44.6 Å². The summed E-state index contributed by atoms with van der Waals surface area (Å²) in [6, 6.07) is 8.06. The third-order valence-corrected chi connectivity index (χ3v) is 7.45. The molecule has 1 N–H and O–H groups in total. The lowest BCUT2D eigenvalue weighted by Crippen LogP contribution is -2.61. The van der Waals surface area contributed by atoms with E-state index in [1.165, 1.54) is 18.7 Å². The highest BCUT2D eigenvalue weighted by atomic mass is 32.2. The number of amides is 1. The van der Waals surface area contributed by atoms with Gasteiger partial charge in [0.15, 0.2) is 5.78 Å². The number of thioether (sulfide) groups is 1. The lowest BCUT2D eigenvalue weighted by Gasteiger charge is -2.43. The van der Waals surface area contributed by atoms with Gasteiger partial charge in [-0.1, -0.05) is 30.3 Å². The fraction of sp³-hybridized carbons (Fsp3) is 0.640. The quantitative estimate of drug-likeness (QED) is 0.163. The van der Waals surface area contributed by atoms with Crippen LogP contribution >= 0.6 is 11.8 Å². The molecular weight excluding hydrogens is 500 g/mol. The molecule has 2 aliphatic rings. The predicted molar refractivity (Wildman–Crippen MR) is 138 cm³/mol. The molecule has 1 aromatic carbocycles. The number of rotatable bonds is 14. The molecule has 2 fully saturated rings. The smallest absolute Gasteiger partial charge is 0.323 e. The average molecular weight is 537 g/mol. The summed E-state index contributed by atoms with van der Waals surface area (Å²) < 4.78 is 5.51. The number of nitrogens with one attached hydrogen (secondary N) is 1. The number of benzene rings is 1. The topological polar surface area (TPSA) is 131 Å². The van der Waals surface area contributed by atoms with Crippen molar-refractivity contribution < 1.29 is 29.0 Å². The number of nitrogens with zero attached hydrogens (tertiary/aromatic N) is 3. The molecule has 3 atom stereocenters. The Balaban J connectivity index is 1.62. The van der Waals surface area contributed by atoms with E-state index in [0.29, 0.717) is 43.7 Å². The Hall–Kier alpha value is -2.70. The van der Waals surface area contributed by atoms with Crippen LogP contribution in [0.15, 0.2) is 30.3 Å². The van der Waals surface area contributed by atoms with Crippen molar-refractivity contribution in [2.45, 2.75) is 63.6 Å². The minimum atomic E-state index is -0.833. The molecule has 0 spiro atoms. The number of ether oxygens (including phenoxy) is 1. The van der Waals surface area contributed by atoms with Crippen LogP contribution in [0.3, 0.4) is 0 Å². The summed E-state index contributed by atoms with van der Waals surface area (Å²) in [7, 11) is 0. The summed E-state index contributed by atoms with van der Waals surface area (Å²) in [4.78, 5) is 53.4. The van der Waals surface area contributed by atoms with Crippen molar-refractivity contribution in [3.63, 3.8) is 0 Å². The summed E-state index contributed by atoms with van der Waals surface area (Å²) in [6.45, 7) is 3.09. The number of carbonyl (C=O) groups is 3. The lowest BCUT2D eigenvalue weighted by atomic mass is 10.0. The number of fused-ring (bicyclic) bond motifs is 1. The number of aryl methyl sites for hydroxylation is 1. The van der Waals surface area contributed by atoms with Gasteiger partial charge < -0.3 is 9.57 Å². The standard InChI is InChI=1S/C25H36N4O7S/c1-19(30)23-10-6-14-27-13-5-9-21(24(31)28(23)27)26-22(12-11-20-7-3-2-4-8-20)25(32)35-15-17-37-18-16-36-29(33)34/h2-4,7-8,21-23,26H,5-6,9-18H2,1H3. The molecular formula is C25H36N4O7S. The normalized spacial score (nSPS) is 21.0. The number of ketones is 1. The van der Waals surface area contributed by atoms with Crippen LogP contribution in [0, 0.1) is 10.1 Å². The lowest BCUT2D eigenvalue weighted by molar-refractivity contribution is -0.756. The van der Waals surface area contributed by atoms with Gasteiger partial charge in [0.05, 0.1) is 6.04 Å². The minimum absolute atomic E-state index is 0.0224. The molecule has 3 unspecified atom stereocenters. The molecule has 2 heterocycles. The van der Waals surface area contributed by atoms with E-state index in [4.69, 9.17) is 4.74 Å². The Kier molecular flexibility index (Phi) is 11.6. The molecule has 1 aromatic rings. The van der Waals surface area contributed by atoms with Gasteiger partial charge in [-0.25, -0.2) is 5.01 Å². The highest BCUT2D eigenvalue weighted by Gasteiger charge is 2.41. The summed E-state index contributed by atoms with van der Waals surface area (Å²) in [6.07, 6.45) is 3.94. The number of hydrazine groups is 1. The summed E-state index contributed by atoms with van der Waals surface area (Å²) in [5.41, 5.74) is 1.08. The molecule has 0 aliphatic carbocycles. The zero-order valence-electron chi connectivity index (χ0n) is 21.2. The first-order chi connectivity index (χ1) is 17.9. The van der Waals surface area contributed by atoms with Crippen LogP contribution in [-0.4, -0.2) is 88.7 Å². The predicted octanol–water partition coefficient (Wildman–Crippen LogP) is 2.02. The van der Waals surface area contributed by atoms with Gasteiger partial charge in [0.1, 0.15) is 25.3 Å². The van der Waals surface area contributed by atoms with Crippen LogP contribution in [0.2, 0.25) is 0 Å². The van der Waals surface area contributed by atoms with Crippen molar-refractivity contribution in [1.82, 2.24) is 15.3 Å². The maximum atomic E-state index is 13.6. The molecule has 2 saturated heterocycles. The number of hydrogen-bond donors (Lipinski definition) is 1. The Morgan fingerprint density at radius 2 is 1.86 bits per heavy atom. The average Bonchev–Trinajstić information content (AvgIpc) is 3.04. The van der Waals surface area contributed by atoms with E-state index in [2.05, 4.69) is 10.2 Å². The van der Waals surface area contributed by atoms with E-state index < -0.39 is 29.2 Å². The second-order valence-electron chi connectivity index (χ2n) is 9.18. The monoisotopic (exact) mass is 536 g/mol. The van der Waals surface area contributed by atoms with Crippen LogP contribution < -0.4 is 5.32 Å². The van der Waals surface area contributed by atoms with Gasteiger partial charge in [-0.15, -0.1) is 10.1 Å². The first kappa shape index (κ1) is 28.9. The fourth-order valence-corrected chi connectivity index (χ4v) is 5.34. The fourth-order valence-electron chi connectivity index (χ4n) is 4.74. The highest BCUT2D eigenvalue weighted by molar-refractivity contribution is 7.99. The van der Waals surface area contributed by atoms with Crippen molar-refractivity contribution in [2.24, 2.45) is 0 Å². The molecule has 3 rings (SSSR count). The zero-order chi connectivity index (χ0) is 26.6. The van der Waals surface area contributed by atoms with Crippen LogP contribution in [0.5, 0.6) is 0 Å². The Bertz CT molecular complexity index is 920. The maximum absolute atomic E-state index is 13.6. The molecule has 2 aliphatic heterocycles. The van der Waals surface area contributed by atoms with Crippen molar-refractivity contribution in [3.8, 4) is 0 Å². The van der Waals surface area contributed by atoms with E-state index in [0.717, 1.165) is 24.9 Å². The summed E-state index contributed by atoms with van der Waals surface area (Å²) in [5, 5.41) is 16.3. The van der Waals surface area contributed by atoms with E-state index in [1.807, 2.05) is 35.3 Å². The molecule has 0 radical (unpaired) electrons. The van der Waals surface area contributed by atoms with Gasteiger partial charge >= 0.3 is 5.97 Å². The first-order valence-corrected chi connectivity index (χ1v) is 13.9. The van der Waals surface area contributed by atoms with Crippen molar-refractivity contribution >= 4 is 29.4 Å². The van der Waals surface area contributed by atoms with Crippen molar-refractivity contribution in [1.29, 1.82) is 0 Å². The second kappa shape index (κ2) is 14.9. The van der Waals surface area contributed by atoms with Gasteiger partial charge in [0.2, 0.25) is 0 Å². The van der Waals surface area contributed by atoms with E-state index in [9.17, 15) is 24.5 Å². The molecule has 0 saturated carbocycles. The van der Waals surface area contributed by atoms with E-state index in [-0.39, 0.29) is 24.9 Å². The third-order valence-electron chi connectivity index (χ3n) is 6.54. The minimum Gasteiger partial charge on any atom is -0.464 e. The Morgan fingerprint density at radius 1 is 1.16 bits per heavy atom. The summed E-state index contributed by atoms with van der Waals surface area (Å²) in [5.74, 6) is 0.253. The molecule has 1 amide bonds. The number of hydrogen-bond acceptors (Lipinski definition) is 10. The molecule has 11 nitrogen and oxygen atoms in total. The van der Waals surface area contributed by atoms with E-state index >= 15 is 0 Å². The second-order valence-corrected chi connectivity index (χ2v) is 10.4. The number of Topliss-reactive ketones (excluding diaryl/α,β-unsaturated/α-hetero) is 1. The Morgan fingerprint density at radius 3 is 2.57 bits per heavy atom. The van der Waals surface area contributed by atoms with Crippen LogP contribution in [0.25, 0.3) is 0 Å². The molecule has 0 aromatic heterocycles. The van der Waals surface area contributed by atoms with Gasteiger partial charge in [-0.3, -0.25) is 24.7 Å². The number of esters is 1. The molecule has 37 heavy (non-hydrogen) atoms. The Labute approximate surface area is 221 Å². The van der Waals surface area contributed by atoms with Gasteiger partial charge in [-0.05, 0) is 51.0 Å². The van der Waals surface area contributed by atoms with Gasteiger partial charge in [-0.2, -0.15) is 11.8 Å². The van der Waals surface area contributed by atoms with Crippen molar-refractivity contribution in [2.75, 3.05) is 37.8 Å². The van der Waals surface area contributed by atoms with Gasteiger partial charge in [0, 0.05) is 24.6 Å². The zero-order valence-corrected chi connectivity index (χ0v) is 22.0. The maximum Gasteiger partial charge on any atom is 0.323 e. The van der Waals surface area contributed by atoms with Crippen molar-refractivity contribution in [3.05, 3.63) is 46.0 Å². The number of carbonyl (C=O) groups excluding carboxylic acids is 3. The highest BCUT2D eigenvalue weighted by Crippen LogP contribution is 2.25. The summed E-state index contributed by atoms with van der Waals surface area (Å²) >= 11 is 1.39. The van der Waals surface area contributed by atoms with Crippen LogP contribution in [0.4, 0.5) is 0 Å². The van der Waals surface area contributed by atoms with Crippen LogP contribution in [-0.2, 0) is 30.4 Å². The molecule has 204 valence electrons. The van der Waals surface area contributed by atoms with Gasteiger partial charge in [0.25, 0.3) is 11.0 Å². The largest absolute Gasteiger partial charge is 0.464 e.